The predicted molar refractivity (Wildman–Crippen MR) is 125 cm³/mol. The Bertz CT molecular complexity index is 624. The van der Waals surface area contributed by atoms with Crippen LogP contribution in [0.2, 0.25) is 0 Å². The average molecular weight is 481 g/mol. The summed E-state index contributed by atoms with van der Waals surface area (Å²) in [5.74, 6) is -0.699. The summed E-state index contributed by atoms with van der Waals surface area (Å²) < 4.78 is 22.1. The van der Waals surface area contributed by atoms with E-state index >= 15 is 0 Å². The van der Waals surface area contributed by atoms with Gasteiger partial charge >= 0.3 is 11.9 Å². The number of allylic oxidation sites excluding steroid dienone is 4. The first kappa shape index (κ1) is 26.9. The Balaban J connectivity index is 1.20. The maximum atomic E-state index is 12.0. The SMILES string of the molecule is O=C(OCC(O)COC1CCC(OCC(O)COC(=O)C2CC=CCC2)CC1)C1CC=CCC1. The second-order valence-electron chi connectivity index (χ2n) is 9.60. The maximum absolute atomic E-state index is 12.0. The maximum Gasteiger partial charge on any atom is 0.309 e. The summed E-state index contributed by atoms with van der Waals surface area (Å²) in [5.41, 5.74) is 0. The summed E-state index contributed by atoms with van der Waals surface area (Å²) in [7, 11) is 0. The Hall–Kier alpha value is -1.74. The lowest BCUT2D eigenvalue weighted by atomic mass is 9.94. The first-order valence-electron chi connectivity index (χ1n) is 12.7. The minimum atomic E-state index is -0.834. The van der Waals surface area contributed by atoms with Gasteiger partial charge in [0.05, 0.1) is 37.3 Å². The lowest BCUT2D eigenvalue weighted by molar-refractivity contribution is -0.155. The molecule has 0 radical (unpaired) electrons. The molecular formula is C26H40O8. The van der Waals surface area contributed by atoms with Crippen LogP contribution in [0.25, 0.3) is 0 Å². The second kappa shape index (κ2) is 14.6. The molecule has 8 nitrogen and oxygen atoms in total. The highest BCUT2D eigenvalue weighted by Crippen LogP contribution is 2.24. The molecule has 1 fully saturated rings. The molecule has 192 valence electrons. The summed E-state index contributed by atoms with van der Waals surface area (Å²) in [4.78, 5) is 24.1. The van der Waals surface area contributed by atoms with Gasteiger partial charge in [-0.05, 0) is 64.2 Å². The smallest absolute Gasteiger partial charge is 0.309 e. The molecule has 3 rings (SSSR count). The highest BCUT2D eigenvalue weighted by Gasteiger charge is 2.26. The Morgan fingerprint density at radius 2 is 1.06 bits per heavy atom. The molecule has 4 atom stereocenters. The standard InChI is InChI=1S/C26H40O8/c27-21(17-33-25(29)19-7-3-1-4-8-19)15-31-23-11-13-24(14-12-23)32-16-22(28)18-34-26(30)20-9-5-2-6-10-20/h1-3,5,19-24,27-28H,4,6-18H2. The molecule has 3 aliphatic rings. The van der Waals surface area contributed by atoms with E-state index in [1.807, 2.05) is 12.2 Å². The molecule has 0 amide bonds. The number of carbonyl (C=O) groups excluding carboxylic acids is 2. The summed E-state index contributed by atoms with van der Waals surface area (Å²) in [6.07, 6.45) is 14.5. The molecule has 0 bridgehead atoms. The predicted octanol–water partition coefficient (Wildman–Crippen LogP) is 2.85. The van der Waals surface area contributed by atoms with E-state index in [1.165, 1.54) is 0 Å². The van der Waals surface area contributed by atoms with E-state index in [2.05, 4.69) is 12.2 Å². The molecule has 0 spiro atoms. The van der Waals surface area contributed by atoms with Gasteiger partial charge in [-0.25, -0.2) is 0 Å². The van der Waals surface area contributed by atoms with Crippen molar-refractivity contribution in [3.05, 3.63) is 24.3 Å². The van der Waals surface area contributed by atoms with E-state index in [-0.39, 0.29) is 62.4 Å². The molecule has 34 heavy (non-hydrogen) atoms. The average Bonchev–Trinajstić information content (AvgIpc) is 2.89. The molecular weight excluding hydrogens is 440 g/mol. The summed E-state index contributed by atoms with van der Waals surface area (Å²) in [6, 6.07) is 0. The van der Waals surface area contributed by atoms with Crippen molar-refractivity contribution in [2.75, 3.05) is 26.4 Å². The van der Waals surface area contributed by atoms with E-state index in [9.17, 15) is 19.8 Å². The van der Waals surface area contributed by atoms with Gasteiger partial charge in [0.1, 0.15) is 25.4 Å². The molecule has 3 aliphatic carbocycles. The van der Waals surface area contributed by atoms with Crippen LogP contribution in [0, 0.1) is 11.8 Å². The molecule has 2 N–H and O–H groups in total. The van der Waals surface area contributed by atoms with E-state index in [1.54, 1.807) is 0 Å². The van der Waals surface area contributed by atoms with Gasteiger partial charge in [-0.2, -0.15) is 0 Å². The molecule has 1 saturated carbocycles. The van der Waals surface area contributed by atoms with Crippen molar-refractivity contribution < 1.29 is 38.7 Å². The Labute approximate surface area is 202 Å². The van der Waals surface area contributed by atoms with Crippen LogP contribution >= 0.6 is 0 Å². The number of hydrogen-bond donors (Lipinski definition) is 2. The van der Waals surface area contributed by atoms with Gasteiger partial charge in [-0.1, -0.05) is 24.3 Å². The van der Waals surface area contributed by atoms with E-state index < -0.39 is 12.2 Å². The van der Waals surface area contributed by atoms with Gasteiger partial charge in [-0.3, -0.25) is 9.59 Å². The minimum absolute atomic E-state index is 0.0316. The van der Waals surface area contributed by atoms with Crippen LogP contribution in [0.1, 0.15) is 64.2 Å². The van der Waals surface area contributed by atoms with Gasteiger partial charge in [0.25, 0.3) is 0 Å². The van der Waals surface area contributed by atoms with Crippen LogP contribution in [0.3, 0.4) is 0 Å². The number of aliphatic hydroxyl groups excluding tert-OH is 2. The van der Waals surface area contributed by atoms with E-state index in [0.29, 0.717) is 12.8 Å². The summed E-state index contributed by atoms with van der Waals surface area (Å²) in [5, 5.41) is 20.2. The fourth-order valence-electron chi connectivity index (χ4n) is 4.56. The zero-order valence-corrected chi connectivity index (χ0v) is 20.0. The van der Waals surface area contributed by atoms with Crippen LogP contribution in [0.4, 0.5) is 0 Å². The number of ether oxygens (including phenoxy) is 4. The van der Waals surface area contributed by atoms with Crippen molar-refractivity contribution in [3.8, 4) is 0 Å². The highest BCUT2D eigenvalue weighted by molar-refractivity contribution is 5.73. The molecule has 0 heterocycles. The lowest BCUT2D eigenvalue weighted by Crippen LogP contribution is -2.33. The fourth-order valence-corrected chi connectivity index (χ4v) is 4.56. The Morgan fingerprint density at radius 1 is 0.647 bits per heavy atom. The number of carbonyl (C=O) groups is 2. The molecule has 8 heteroatoms. The van der Waals surface area contributed by atoms with Crippen LogP contribution in [-0.4, -0.2) is 73.0 Å². The van der Waals surface area contributed by atoms with Gasteiger partial charge in [-0.15, -0.1) is 0 Å². The Kier molecular flexibility index (Phi) is 11.5. The van der Waals surface area contributed by atoms with Crippen LogP contribution < -0.4 is 0 Å². The number of esters is 2. The van der Waals surface area contributed by atoms with Gasteiger partial charge in [0.2, 0.25) is 0 Å². The first-order valence-corrected chi connectivity index (χ1v) is 12.7. The second-order valence-corrected chi connectivity index (χ2v) is 9.60. The molecule has 4 unspecified atom stereocenters. The largest absolute Gasteiger partial charge is 0.463 e. The zero-order chi connectivity index (χ0) is 24.2. The normalized spacial score (nSPS) is 28.8. The third kappa shape index (κ3) is 9.49. The van der Waals surface area contributed by atoms with Crippen LogP contribution in [0.5, 0.6) is 0 Å². The topological polar surface area (TPSA) is 112 Å². The zero-order valence-electron chi connectivity index (χ0n) is 20.0. The molecule has 0 aliphatic heterocycles. The van der Waals surface area contributed by atoms with E-state index in [0.717, 1.165) is 51.4 Å². The van der Waals surface area contributed by atoms with Crippen molar-refractivity contribution in [3.63, 3.8) is 0 Å². The molecule has 0 aromatic carbocycles. The van der Waals surface area contributed by atoms with Crippen molar-refractivity contribution in [1.29, 1.82) is 0 Å². The number of hydrogen-bond acceptors (Lipinski definition) is 8. The van der Waals surface area contributed by atoms with Crippen LogP contribution in [0.15, 0.2) is 24.3 Å². The fraction of sp³-hybridized carbons (Fsp3) is 0.769. The third-order valence-electron chi connectivity index (χ3n) is 6.71. The first-order chi connectivity index (χ1) is 16.5. The summed E-state index contributed by atoms with van der Waals surface area (Å²) in [6.45, 7) is 0.179. The quantitative estimate of drug-likeness (QED) is 0.324. The number of aliphatic hydroxyl groups is 2. The highest BCUT2D eigenvalue weighted by atomic mass is 16.6. The molecule has 0 aromatic rings. The number of rotatable bonds is 12. The Morgan fingerprint density at radius 3 is 1.41 bits per heavy atom. The molecule has 0 aromatic heterocycles. The van der Waals surface area contributed by atoms with Gasteiger partial charge < -0.3 is 29.2 Å². The van der Waals surface area contributed by atoms with Crippen LogP contribution in [-0.2, 0) is 28.5 Å². The summed E-state index contributed by atoms with van der Waals surface area (Å²) >= 11 is 0. The van der Waals surface area contributed by atoms with Crippen molar-refractivity contribution in [2.24, 2.45) is 11.8 Å². The van der Waals surface area contributed by atoms with E-state index in [4.69, 9.17) is 18.9 Å². The third-order valence-corrected chi connectivity index (χ3v) is 6.71. The molecule has 0 saturated heterocycles. The van der Waals surface area contributed by atoms with Crippen molar-refractivity contribution in [2.45, 2.75) is 88.6 Å². The van der Waals surface area contributed by atoms with Gasteiger partial charge in [0, 0.05) is 0 Å². The minimum Gasteiger partial charge on any atom is -0.463 e. The van der Waals surface area contributed by atoms with Crippen molar-refractivity contribution in [1.82, 2.24) is 0 Å². The van der Waals surface area contributed by atoms with Gasteiger partial charge in [0.15, 0.2) is 0 Å². The van der Waals surface area contributed by atoms with Crippen molar-refractivity contribution >= 4 is 11.9 Å². The monoisotopic (exact) mass is 480 g/mol. The lowest BCUT2D eigenvalue weighted by Gasteiger charge is -2.29.